The van der Waals surface area contributed by atoms with Crippen LogP contribution in [0, 0.1) is 5.92 Å². The Morgan fingerprint density at radius 1 is 1.24 bits per heavy atom. The zero-order chi connectivity index (χ0) is 17.0. The summed E-state index contributed by atoms with van der Waals surface area (Å²) in [6.07, 6.45) is 3.08. The number of carbonyl (C=O) groups is 1. The minimum absolute atomic E-state index is 0.139. The van der Waals surface area contributed by atoms with Crippen molar-refractivity contribution < 1.29 is 15.1 Å². The fourth-order valence-electron chi connectivity index (χ4n) is 3.54. The number of Topliss-reactive ketones (excluding diaryl/α,β-unsaturated/α-hetero) is 1. The number of ether oxygens (including phenoxy) is 1. The van der Waals surface area contributed by atoms with E-state index in [9.17, 15) is 4.79 Å². The standard InChI is InChI=1S/C19H18ClN3O2/c20-18-13(12-3-4-14-16(24)7-8-25-17(14)9-12)5-6-15-19(18)21-22-23(15)10-11-1-2-11/h3-6,9,11,21-22H,1-2,7-8,10H2/p+1. The average molecular weight is 357 g/mol. The van der Waals surface area contributed by atoms with Gasteiger partial charge < -0.3 is 4.74 Å². The first-order valence-electron chi connectivity index (χ1n) is 8.70. The van der Waals surface area contributed by atoms with Crippen molar-refractivity contribution in [2.45, 2.75) is 19.3 Å². The monoisotopic (exact) mass is 356 g/mol. The third kappa shape index (κ3) is 2.55. The van der Waals surface area contributed by atoms with Gasteiger partial charge in [0.1, 0.15) is 17.1 Å². The molecule has 5 nitrogen and oxygen atoms in total. The normalized spacial score (nSPS) is 18.4. The van der Waals surface area contributed by atoms with E-state index in [1.807, 2.05) is 29.8 Å². The zero-order valence-corrected chi connectivity index (χ0v) is 14.5. The van der Waals surface area contributed by atoms with Crippen LogP contribution in [0.25, 0.3) is 11.1 Å². The number of nitrogen functional groups attached to an aromatic ring is 1. The topological polar surface area (TPSA) is 58.2 Å². The maximum Gasteiger partial charge on any atom is 0.169 e. The Morgan fingerprint density at radius 3 is 2.92 bits per heavy atom. The summed E-state index contributed by atoms with van der Waals surface area (Å²) in [5.41, 5.74) is 9.97. The van der Waals surface area contributed by atoms with E-state index in [-0.39, 0.29) is 5.78 Å². The number of fused-ring (bicyclic) bond motifs is 2. The van der Waals surface area contributed by atoms with E-state index in [2.05, 4.69) is 16.5 Å². The lowest BCUT2D eigenvalue weighted by Crippen LogP contribution is -2.95. The SMILES string of the molecule is O=C1CCOc2cc(-c3ccc4c(c3Cl)N[NH2+]N4CC3CC3)ccc21. The lowest BCUT2D eigenvalue weighted by Gasteiger charge is -2.18. The number of nitrogens with one attached hydrogen (secondary N) is 1. The van der Waals surface area contributed by atoms with Crippen LogP contribution in [0.1, 0.15) is 29.6 Å². The maximum atomic E-state index is 12.0. The number of halogens is 1. The summed E-state index contributed by atoms with van der Waals surface area (Å²) in [6, 6.07) is 9.87. The Bertz CT molecular complexity index is 879. The van der Waals surface area contributed by atoms with Crippen LogP contribution in [0.2, 0.25) is 5.02 Å². The highest BCUT2D eigenvalue weighted by molar-refractivity contribution is 6.36. The van der Waals surface area contributed by atoms with E-state index in [0.29, 0.717) is 29.4 Å². The fraction of sp³-hybridized carbons (Fsp3) is 0.316. The molecule has 0 bridgehead atoms. The molecule has 1 fully saturated rings. The van der Waals surface area contributed by atoms with Gasteiger partial charge in [0.15, 0.2) is 5.78 Å². The summed E-state index contributed by atoms with van der Waals surface area (Å²) < 4.78 is 5.66. The number of carbonyl (C=O) groups excluding carboxylic acids is 1. The molecule has 2 aromatic carbocycles. The molecule has 0 unspecified atom stereocenters. The number of benzene rings is 2. The van der Waals surface area contributed by atoms with Gasteiger partial charge >= 0.3 is 0 Å². The lowest BCUT2D eigenvalue weighted by atomic mass is 9.98. The van der Waals surface area contributed by atoms with Crippen molar-refractivity contribution in [2.24, 2.45) is 5.92 Å². The molecular weight excluding hydrogens is 338 g/mol. The van der Waals surface area contributed by atoms with Crippen molar-refractivity contribution in [3.05, 3.63) is 40.9 Å². The van der Waals surface area contributed by atoms with Gasteiger partial charge in [0.05, 0.1) is 23.7 Å². The second-order valence-corrected chi connectivity index (χ2v) is 7.30. The summed E-state index contributed by atoms with van der Waals surface area (Å²) in [4.78, 5) is 12.0. The molecule has 128 valence electrons. The molecule has 3 aliphatic rings. The molecule has 0 atom stereocenters. The molecule has 25 heavy (non-hydrogen) atoms. The van der Waals surface area contributed by atoms with Gasteiger partial charge in [-0.05, 0) is 42.5 Å². The largest absolute Gasteiger partial charge is 0.492 e. The molecule has 0 aromatic heterocycles. The summed E-state index contributed by atoms with van der Waals surface area (Å²) in [5, 5.41) is 2.95. The summed E-state index contributed by atoms with van der Waals surface area (Å²) in [6.45, 7) is 1.49. The van der Waals surface area contributed by atoms with E-state index < -0.39 is 0 Å². The molecular formula is C19H19ClN3O2+. The van der Waals surface area contributed by atoms with Crippen LogP contribution in [-0.4, -0.2) is 18.9 Å². The fourth-order valence-corrected chi connectivity index (χ4v) is 3.86. The van der Waals surface area contributed by atoms with Crippen molar-refractivity contribution in [3.8, 4) is 16.9 Å². The molecule has 0 radical (unpaired) electrons. The molecule has 0 saturated heterocycles. The van der Waals surface area contributed by atoms with Crippen LogP contribution in [0.15, 0.2) is 30.3 Å². The third-order valence-corrected chi connectivity index (χ3v) is 5.52. The van der Waals surface area contributed by atoms with Crippen molar-refractivity contribution >= 4 is 28.8 Å². The van der Waals surface area contributed by atoms with Gasteiger partial charge in [-0.3, -0.25) is 4.79 Å². The van der Waals surface area contributed by atoms with Crippen LogP contribution in [0.4, 0.5) is 11.4 Å². The van der Waals surface area contributed by atoms with Crippen LogP contribution in [0.5, 0.6) is 5.75 Å². The molecule has 0 amide bonds. The Labute approximate surface area is 150 Å². The quantitative estimate of drug-likeness (QED) is 0.830. The molecule has 1 saturated carbocycles. The second-order valence-electron chi connectivity index (χ2n) is 6.92. The Hall–Kier alpha value is -2.24. The van der Waals surface area contributed by atoms with Crippen molar-refractivity contribution in [1.29, 1.82) is 0 Å². The number of hydrogen-bond donors (Lipinski definition) is 2. The van der Waals surface area contributed by atoms with E-state index >= 15 is 0 Å². The van der Waals surface area contributed by atoms with Crippen molar-refractivity contribution in [1.82, 2.24) is 0 Å². The molecule has 0 spiro atoms. The first-order valence-corrected chi connectivity index (χ1v) is 9.08. The number of hydrogen-bond acceptors (Lipinski definition) is 4. The first kappa shape index (κ1) is 15.0. The van der Waals surface area contributed by atoms with E-state index in [1.165, 1.54) is 12.8 Å². The summed E-state index contributed by atoms with van der Waals surface area (Å²) in [5.74, 6) is 1.60. The number of quaternary nitrogens is 1. The average Bonchev–Trinajstić information content (AvgIpc) is 3.34. The molecule has 1 aliphatic carbocycles. The number of nitrogens with zero attached hydrogens (tertiary/aromatic N) is 1. The van der Waals surface area contributed by atoms with Gasteiger partial charge in [-0.1, -0.05) is 23.7 Å². The van der Waals surface area contributed by atoms with Gasteiger partial charge in [-0.25, -0.2) is 10.4 Å². The van der Waals surface area contributed by atoms with Gasteiger partial charge in [0.2, 0.25) is 0 Å². The first-order chi connectivity index (χ1) is 12.2. The predicted octanol–water partition coefficient (Wildman–Crippen LogP) is 3.01. The predicted molar refractivity (Wildman–Crippen MR) is 96.9 cm³/mol. The second kappa shape index (κ2) is 5.64. The molecule has 3 N–H and O–H groups in total. The van der Waals surface area contributed by atoms with Crippen LogP contribution in [0.3, 0.4) is 0 Å². The number of ketones is 1. The smallest absolute Gasteiger partial charge is 0.169 e. The van der Waals surface area contributed by atoms with Gasteiger partial charge in [-0.15, -0.1) is 5.53 Å². The molecule has 5 rings (SSSR count). The van der Waals surface area contributed by atoms with Gasteiger partial charge in [0, 0.05) is 12.0 Å². The van der Waals surface area contributed by atoms with Crippen molar-refractivity contribution in [3.63, 3.8) is 0 Å². The third-order valence-electron chi connectivity index (χ3n) is 5.13. The minimum Gasteiger partial charge on any atom is -0.492 e. The Morgan fingerprint density at radius 2 is 2.08 bits per heavy atom. The molecule has 2 aliphatic heterocycles. The molecule has 6 heteroatoms. The highest BCUT2D eigenvalue weighted by Crippen LogP contribution is 2.43. The number of rotatable bonds is 3. The molecule has 2 heterocycles. The Balaban J connectivity index is 1.52. The van der Waals surface area contributed by atoms with Crippen LogP contribution in [-0.2, 0) is 0 Å². The molecule has 2 aromatic rings. The van der Waals surface area contributed by atoms with Gasteiger partial charge in [0.25, 0.3) is 0 Å². The van der Waals surface area contributed by atoms with Gasteiger partial charge in [-0.2, -0.15) is 0 Å². The summed E-state index contributed by atoms with van der Waals surface area (Å²) in [7, 11) is 0. The van der Waals surface area contributed by atoms with Crippen molar-refractivity contribution in [2.75, 3.05) is 23.6 Å². The lowest BCUT2D eigenvalue weighted by molar-refractivity contribution is -0.631. The maximum absolute atomic E-state index is 12.0. The minimum atomic E-state index is 0.139. The highest BCUT2D eigenvalue weighted by Gasteiger charge is 2.32. The van der Waals surface area contributed by atoms with E-state index in [0.717, 1.165) is 35.0 Å². The van der Waals surface area contributed by atoms with Crippen LogP contribution >= 0.6 is 11.6 Å². The number of anilines is 2. The summed E-state index contributed by atoms with van der Waals surface area (Å²) >= 11 is 6.70. The van der Waals surface area contributed by atoms with E-state index in [4.69, 9.17) is 16.3 Å². The van der Waals surface area contributed by atoms with E-state index in [1.54, 1.807) is 0 Å². The Kier molecular flexibility index (Phi) is 3.40. The zero-order valence-electron chi connectivity index (χ0n) is 13.7. The number of nitrogens with two attached hydrogens (primary N) is 1. The highest BCUT2D eigenvalue weighted by atomic mass is 35.5. The van der Waals surface area contributed by atoms with Crippen LogP contribution < -0.4 is 20.7 Å².